The summed E-state index contributed by atoms with van der Waals surface area (Å²) >= 11 is 2.08. The van der Waals surface area contributed by atoms with Crippen LogP contribution in [0.5, 0.6) is 0 Å². The van der Waals surface area contributed by atoms with Crippen molar-refractivity contribution < 1.29 is 8.78 Å². The standard InChI is InChI=1S/C24H19F2IN6/c1-12-11-33(24(27)29-12)18-9-6-15(10-17(18)26)19-13(2)30-22(28)20-21(19)32(3)23(31-20)14-4-7-16(25)8-5-14/h4-11H,1-3H3,(H2,28,30). The van der Waals surface area contributed by atoms with Gasteiger partial charge in [0.05, 0.1) is 16.9 Å². The van der Waals surface area contributed by atoms with E-state index in [1.165, 1.54) is 18.2 Å². The summed E-state index contributed by atoms with van der Waals surface area (Å²) < 4.78 is 33.0. The molecule has 0 saturated heterocycles. The number of rotatable bonds is 3. The molecule has 0 amide bonds. The number of anilines is 1. The molecule has 0 aliphatic rings. The van der Waals surface area contributed by atoms with E-state index in [4.69, 9.17) is 5.73 Å². The second-order valence-electron chi connectivity index (χ2n) is 7.84. The third-order valence-corrected chi connectivity index (χ3v) is 6.37. The second kappa shape index (κ2) is 7.91. The summed E-state index contributed by atoms with van der Waals surface area (Å²) in [4.78, 5) is 13.5. The monoisotopic (exact) mass is 556 g/mol. The molecule has 3 aromatic heterocycles. The fourth-order valence-corrected chi connectivity index (χ4v) is 4.90. The SMILES string of the molecule is Cc1cn(-c2ccc(-c3c(C)nc(N)c4nc(-c5ccc(F)cc5)n(C)c34)cc2F)c(I)n1. The van der Waals surface area contributed by atoms with Crippen LogP contribution in [0.1, 0.15) is 11.4 Å². The van der Waals surface area contributed by atoms with Crippen LogP contribution in [0.15, 0.2) is 48.7 Å². The summed E-state index contributed by atoms with van der Waals surface area (Å²) in [5, 5.41) is 0. The van der Waals surface area contributed by atoms with E-state index in [1.807, 2.05) is 31.5 Å². The van der Waals surface area contributed by atoms with Gasteiger partial charge in [0.2, 0.25) is 0 Å². The summed E-state index contributed by atoms with van der Waals surface area (Å²) in [5.74, 6) is 0.197. The summed E-state index contributed by atoms with van der Waals surface area (Å²) in [5.41, 5.74) is 11.5. The molecule has 0 fully saturated rings. The van der Waals surface area contributed by atoms with Gasteiger partial charge in [0.1, 0.15) is 23.0 Å². The summed E-state index contributed by atoms with van der Waals surface area (Å²) in [6.07, 6.45) is 1.80. The third kappa shape index (κ3) is 3.56. The number of aryl methyl sites for hydroxylation is 3. The van der Waals surface area contributed by atoms with Gasteiger partial charge in [-0.3, -0.25) is 4.57 Å². The van der Waals surface area contributed by atoms with Crippen LogP contribution in [0.3, 0.4) is 0 Å². The van der Waals surface area contributed by atoms with Gasteiger partial charge in [0, 0.05) is 52.7 Å². The van der Waals surface area contributed by atoms with Crippen LogP contribution in [0.2, 0.25) is 0 Å². The maximum atomic E-state index is 15.3. The number of fused-ring (bicyclic) bond motifs is 1. The zero-order chi connectivity index (χ0) is 23.4. The van der Waals surface area contributed by atoms with Crippen molar-refractivity contribution in [3.8, 4) is 28.2 Å². The first kappa shape index (κ1) is 21.5. The largest absolute Gasteiger partial charge is 0.382 e. The van der Waals surface area contributed by atoms with Crippen LogP contribution >= 0.6 is 22.6 Å². The fraction of sp³-hybridized carbons (Fsp3) is 0.125. The molecule has 5 aromatic rings. The Labute approximate surface area is 202 Å². The van der Waals surface area contributed by atoms with Gasteiger partial charge in [0.15, 0.2) is 9.65 Å². The number of imidazole rings is 2. The zero-order valence-corrected chi connectivity index (χ0v) is 20.2. The van der Waals surface area contributed by atoms with Crippen LogP contribution in [0.25, 0.3) is 39.2 Å². The zero-order valence-electron chi connectivity index (χ0n) is 18.1. The number of pyridine rings is 1. The molecule has 9 heteroatoms. The average molecular weight is 556 g/mol. The van der Waals surface area contributed by atoms with Crippen LogP contribution in [-0.4, -0.2) is 24.1 Å². The lowest BCUT2D eigenvalue weighted by Crippen LogP contribution is -2.02. The highest BCUT2D eigenvalue weighted by Gasteiger charge is 2.21. The van der Waals surface area contributed by atoms with Gasteiger partial charge >= 0.3 is 0 Å². The molecule has 5 rings (SSSR count). The molecular formula is C24H19F2IN6. The van der Waals surface area contributed by atoms with Crippen molar-refractivity contribution >= 4 is 39.4 Å². The minimum absolute atomic E-state index is 0.288. The normalized spacial score (nSPS) is 11.5. The molecule has 0 radical (unpaired) electrons. The number of hydrogen-bond donors (Lipinski definition) is 1. The Morgan fingerprint density at radius 1 is 0.939 bits per heavy atom. The van der Waals surface area contributed by atoms with Crippen LogP contribution in [0.4, 0.5) is 14.6 Å². The third-order valence-electron chi connectivity index (χ3n) is 5.61. The van der Waals surface area contributed by atoms with E-state index in [-0.39, 0.29) is 17.5 Å². The lowest BCUT2D eigenvalue weighted by molar-refractivity contribution is 0.617. The van der Waals surface area contributed by atoms with Crippen molar-refractivity contribution in [3.63, 3.8) is 0 Å². The predicted octanol–water partition coefficient (Wildman–Crippen LogP) is 5.57. The molecule has 0 bridgehead atoms. The molecule has 6 nitrogen and oxygen atoms in total. The minimum atomic E-state index is -0.381. The van der Waals surface area contributed by atoms with E-state index >= 15 is 4.39 Å². The molecule has 2 N–H and O–H groups in total. The van der Waals surface area contributed by atoms with Crippen molar-refractivity contribution in [2.45, 2.75) is 13.8 Å². The first-order chi connectivity index (χ1) is 15.7. The number of nitrogens with two attached hydrogens (primary N) is 1. The Kier molecular flexibility index (Phi) is 5.15. The van der Waals surface area contributed by atoms with Gasteiger partial charge in [0.25, 0.3) is 0 Å². The highest BCUT2D eigenvalue weighted by molar-refractivity contribution is 14.1. The van der Waals surface area contributed by atoms with Crippen molar-refractivity contribution in [3.05, 3.63) is 75.5 Å². The highest BCUT2D eigenvalue weighted by Crippen LogP contribution is 2.37. The van der Waals surface area contributed by atoms with Crippen molar-refractivity contribution in [2.75, 3.05) is 5.73 Å². The number of nitrogens with zero attached hydrogens (tertiary/aromatic N) is 5. The number of nitrogen functional groups attached to an aromatic ring is 1. The number of aromatic nitrogens is 5. The van der Waals surface area contributed by atoms with Gasteiger partial charge in [-0.2, -0.15) is 0 Å². The molecule has 0 atom stereocenters. The summed E-state index contributed by atoms with van der Waals surface area (Å²) in [7, 11) is 1.86. The first-order valence-corrected chi connectivity index (χ1v) is 11.2. The fourth-order valence-electron chi connectivity index (χ4n) is 4.12. The Balaban J connectivity index is 1.72. The van der Waals surface area contributed by atoms with Gasteiger partial charge in [-0.25, -0.2) is 23.7 Å². The second-order valence-corrected chi connectivity index (χ2v) is 8.81. The van der Waals surface area contributed by atoms with E-state index in [1.54, 1.807) is 29.0 Å². The van der Waals surface area contributed by atoms with E-state index in [2.05, 4.69) is 37.5 Å². The lowest BCUT2D eigenvalue weighted by atomic mass is 10.0. The molecule has 0 spiro atoms. The van der Waals surface area contributed by atoms with E-state index < -0.39 is 0 Å². The summed E-state index contributed by atoms with van der Waals surface area (Å²) in [6.45, 7) is 3.70. The quantitative estimate of drug-likeness (QED) is 0.295. The number of hydrogen-bond acceptors (Lipinski definition) is 4. The lowest BCUT2D eigenvalue weighted by Gasteiger charge is -2.13. The Morgan fingerprint density at radius 2 is 1.64 bits per heavy atom. The molecule has 0 aliphatic carbocycles. The maximum absolute atomic E-state index is 15.3. The highest BCUT2D eigenvalue weighted by atomic mass is 127. The van der Waals surface area contributed by atoms with Crippen LogP contribution in [0, 0.1) is 29.3 Å². The van der Waals surface area contributed by atoms with Crippen LogP contribution in [-0.2, 0) is 7.05 Å². The van der Waals surface area contributed by atoms with Gasteiger partial charge in [-0.1, -0.05) is 6.07 Å². The van der Waals surface area contributed by atoms with Gasteiger partial charge < -0.3 is 10.3 Å². The molecule has 0 aliphatic heterocycles. The Hall–Kier alpha value is -3.34. The first-order valence-electron chi connectivity index (χ1n) is 10.1. The maximum Gasteiger partial charge on any atom is 0.176 e. The van der Waals surface area contributed by atoms with Crippen molar-refractivity contribution in [1.82, 2.24) is 24.1 Å². The van der Waals surface area contributed by atoms with Crippen molar-refractivity contribution in [2.24, 2.45) is 7.05 Å². The van der Waals surface area contributed by atoms with Gasteiger partial charge in [-0.15, -0.1) is 0 Å². The molecular weight excluding hydrogens is 537 g/mol. The van der Waals surface area contributed by atoms with E-state index in [9.17, 15) is 4.39 Å². The summed E-state index contributed by atoms with van der Waals surface area (Å²) in [6, 6.07) is 11.2. The van der Waals surface area contributed by atoms with Gasteiger partial charge in [-0.05, 0) is 55.8 Å². The number of halogens is 3. The molecule has 2 aromatic carbocycles. The van der Waals surface area contributed by atoms with Crippen molar-refractivity contribution in [1.29, 1.82) is 0 Å². The Morgan fingerprint density at radius 3 is 2.27 bits per heavy atom. The average Bonchev–Trinajstić information content (AvgIpc) is 3.28. The molecule has 33 heavy (non-hydrogen) atoms. The molecule has 166 valence electrons. The molecule has 0 unspecified atom stereocenters. The van der Waals surface area contributed by atoms with E-state index in [0.29, 0.717) is 32.1 Å². The number of benzene rings is 2. The smallest absolute Gasteiger partial charge is 0.176 e. The molecule has 3 heterocycles. The minimum Gasteiger partial charge on any atom is -0.382 e. The predicted molar refractivity (Wildman–Crippen MR) is 133 cm³/mol. The van der Waals surface area contributed by atoms with E-state index in [0.717, 1.165) is 22.3 Å². The molecule has 0 saturated carbocycles. The Bertz CT molecular complexity index is 1540. The topological polar surface area (TPSA) is 74.6 Å². The van der Waals surface area contributed by atoms with Crippen LogP contribution < -0.4 is 5.73 Å².